The molecule has 2 N–H and O–H groups in total. The Balaban J connectivity index is 1.67. The minimum Gasteiger partial charge on any atom is -0.464 e. The number of benzene rings is 2. The third-order valence-electron chi connectivity index (χ3n) is 5.51. The highest BCUT2D eigenvalue weighted by atomic mass is 35.5. The van der Waals surface area contributed by atoms with E-state index in [9.17, 15) is 23.2 Å². The van der Waals surface area contributed by atoms with Crippen LogP contribution in [0.4, 0.5) is 14.5 Å². The van der Waals surface area contributed by atoms with Crippen LogP contribution >= 0.6 is 11.6 Å². The molecule has 0 saturated heterocycles. The number of carbonyl (C=O) groups is 3. The first kappa shape index (κ1) is 26.6. The van der Waals surface area contributed by atoms with E-state index in [1.807, 2.05) is 0 Å². The van der Waals surface area contributed by atoms with Gasteiger partial charge in [0.1, 0.15) is 23.2 Å². The van der Waals surface area contributed by atoms with Crippen molar-refractivity contribution in [3.05, 3.63) is 112 Å². The van der Waals surface area contributed by atoms with E-state index in [1.165, 1.54) is 60.9 Å². The number of carbonyl (C=O) groups excluding carboxylic acids is 3. The number of aryl methyl sites for hydroxylation is 1. The third kappa shape index (κ3) is 6.27. The van der Waals surface area contributed by atoms with E-state index >= 15 is 0 Å². The van der Waals surface area contributed by atoms with E-state index in [0.717, 1.165) is 11.0 Å². The number of amides is 3. The van der Waals surface area contributed by atoms with Gasteiger partial charge in [0.25, 0.3) is 11.8 Å². The van der Waals surface area contributed by atoms with Crippen LogP contribution in [0.1, 0.15) is 33.7 Å². The molecule has 2 aromatic heterocycles. The summed E-state index contributed by atoms with van der Waals surface area (Å²) < 4.78 is 38.0. The third-order valence-corrected chi connectivity index (χ3v) is 5.80. The number of halogens is 3. The molecule has 1 atom stereocenters. The Hall–Kier alpha value is -4.44. The Morgan fingerprint density at radius 2 is 1.76 bits per heavy atom. The summed E-state index contributed by atoms with van der Waals surface area (Å²) in [6, 6.07) is 13.8. The maximum absolute atomic E-state index is 14.0. The van der Waals surface area contributed by atoms with Crippen LogP contribution in [0.15, 0.2) is 81.8 Å². The van der Waals surface area contributed by atoms with Crippen molar-refractivity contribution in [1.29, 1.82) is 0 Å². The summed E-state index contributed by atoms with van der Waals surface area (Å²) in [7, 11) is 0. The highest BCUT2D eigenvalue weighted by molar-refractivity contribution is 6.31. The molecule has 0 aliphatic carbocycles. The minimum absolute atomic E-state index is 0.00979. The lowest BCUT2D eigenvalue weighted by molar-refractivity contribution is -0.126. The largest absolute Gasteiger partial charge is 0.464 e. The molecule has 11 heteroatoms. The Labute approximate surface area is 221 Å². The molecule has 4 aromatic rings. The van der Waals surface area contributed by atoms with Gasteiger partial charge in [0.2, 0.25) is 5.91 Å². The zero-order valence-electron chi connectivity index (χ0n) is 20.0. The molecule has 0 aliphatic heterocycles. The molecule has 38 heavy (non-hydrogen) atoms. The summed E-state index contributed by atoms with van der Waals surface area (Å²) in [5.41, 5.74) is 0.701. The van der Waals surface area contributed by atoms with Gasteiger partial charge >= 0.3 is 0 Å². The van der Waals surface area contributed by atoms with Crippen molar-refractivity contribution < 1.29 is 32.0 Å². The van der Waals surface area contributed by atoms with Gasteiger partial charge in [0, 0.05) is 12.2 Å². The maximum Gasteiger partial charge on any atom is 0.287 e. The Kier molecular flexibility index (Phi) is 8.22. The van der Waals surface area contributed by atoms with Crippen molar-refractivity contribution in [2.45, 2.75) is 19.5 Å². The Morgan fingerprint density at radius 3 is 2.39 bits per heavy atom. The van der Waals surface area contributed by atoms with Gasteiger partial charge in [-0.3, -0.25) is 19.3 Å². The fraction of sp³-hybridized carbons (Fsp3) is 0.148. The summed E-state index contributed by atoms with van der Waals surface area (Å²) in [5.74, 6) is -2.57. The number of nitrogens with one attached hydrogen (secondary N) is 2. The highest BCUT2D eigenvalue weighted by Gasteiger charge is 2.35. The average molecular weight is 542 g/mol. The van der Waals surface area contributed by atoms with Crippen LogP contribution in [0.2, 0.25) is 5.02 Å². The van der Waals surface area contributed by atoms with Crippen molar-refractivity contribution in [3.63, 3.8) is 0 Å². The fourth-order valence-corrected chi connectivity index (χ4v) is 3.84. The first-order valence-corrected chi connectivity index (χ1v) is 11.8. The number of hydrogen-bond donors (Lipinski definition) is 2. The van der Waals surface area contributed by atoms with Gasteiger partial charge in [-0.25, -0.2) is 8.78 Å². The molecule has 2 heterocycles. The lowest BCUT2D eigenvalue weighted by Crippen LogP contribution is -2.47. The van der Waals surface area contributed by atoms with Crippen LogP contribution in [0, 0.1) is 18.6 Å². The van der Waals surface area contributed by atoms with Gasteiger partial charge in [-0.1, -0.05) is 23.7 Å². The highest BCUT2D eigenvalue weighted by Crippen LogP contribution is 2.32. The first-order chi connectivity index (χ1) is 18.2. The fourth-order valence-electron chi connectivity index (χ4n) is 3.67. The molecule has 0 spiro atoms. The molecule has 0 aliphatic rings. The number of anilines is 1. The molecule has 0 radical (unpaired) electrons. The van der Waals surface area contributed by atoms with E-state index in [0.29, 0.717) is 11.3 Å². The molecular formula is C27H22ClF2N3O5. The summed E-state index contributed by atoms with van der Waals surface area (Å²) in [6.07, 6.45) is 1.31. The summed E-state index contributed by atoms with van der Waals surface area (Å²) in [5, 5.41) is 4.89. The number of rotatable bonds is 9. The summed E-state index contributed by atoms with van der Waals surface area (Å²) in [4.78, 5) is 40.5. The van der Waals surface area contributed by atoms with E-state index in [-0.39, 0.29) is 28.8 Å². The first-order valence-electron chi connectivity index (χ1n) is 11.4. The van der Waals surface area contributed by atoms with Crippen LogP contribution in [-0.4, -0.2) is 24.3 Å². The Morgan fingerprint density at radius 1 is 1.00 bits per heavy atom. The maximum atomic E-state index is 14.0. The molecular weight excluding hydrogens is 520 g/mol. The van der Waals surface area contributed by atoms with Crippen molar-refractivity contribution in [3.8, 4) is 0 Å². The normalized spacial score (nSPS) is 11.6. The topological polar surface area (TPSA) is 105 Å². The molecule has 0 fully saturated rings. The van der Waals surface area contributed by atoms with E-state index in [2.05, 4.69) is 10.6 Å². The standard InChI is InChI=1S/C27H22ClF2N3O5/c1-16-4-11-22(38-16)25(27(36)31-14-17-5-7-18(29)8-6-17)33(19-9-10-21(30)20(28)13-19)24(34)15-32-26(35)23-3-2-12-37-23/h2-13,25H,14-15H2,1H3,(H,31,36)(H,32,35). The van der Waals surface area contributed by atoms with Crippen LogP contribution in [0.5, 0.6) is 0 Å². The molecule has 3 amide bonds. The summed E-state index contributed by atoms with van der Waals surface area (Å²) >= 11 is 6.00. The number of furan rings is 2. The molecule has 8 nitrogen and oxygen atoms in total. The van der Waals surface area contributed by atoms with Crippen molar-refractivity contribution in [2.24, 2.45) is 0 Å². The monoisotopic (exact) mass is 541 g/mol. The second-order valence-corrected chi connectivity index (χ2v) is 8.62. The number of hydrogen-bond acceptors (Lipinski definition) is 5. The van der Waals surface area contributed by atoms with Gasteiger partial charge in [-0.2, -0.15) is 0 Å². The van der Waals surface area contributed by atoms with Crippen LogP contribution in [0.3, 0.4) is 0 Å². The molecule has 0 bridgehead atoms. The Bertz CT molecular complexity index is 1440. The van der Waals surface area contributed by atoms with Crippen LogP contribution < -0.4 is 15.5 Å². The quantitative estimate of drug-likeness (QED) is 0.312. The van der Waals surface area contributed by atoms with Crippen molar-refractivity contribution >= 4 is 35.0 Å². The van der Waals surface area contributed by atoms with E-state index < -0.39 is 41.9 Å². The molecule has 0 saturated carbocycles. The average Bonchev–Trinajstić information content (AvgIpc) is 3.59. The van der Waals surface area contributed by atoms with Crippen LogP contribution in [-0.2, 0) is 16.1 Å². The zero-order valence-corrected chi connectivity index (χ0v) is 20.8. The molecule has 1 unspecified atom stereocenters. The van der Waals surface area contributed by atoms with E-state index in [4.69, 9.17) is 20.4 Å². The van der Waals surface area contributed by atoms with E-state index in [1.54, 1.807) is 13.0 Å². The van der Waals surface area contributed by atoms with Gasteiger partial charge in [0.05, 0.1) is 17.8 Å². The zero-order chi connectivity index (χ0) is 27.2. The summed E-state index contributed by atoms with van der Waals surface area (Å²) in [6.45, 7) is 1.16. The second kappa shape index (κ2) is 11.7. The second-order valence-electron chi connectivity index (χ2n) is 8.22. The van der Waals surface area contributed by atoms with Crippen molar-refractivity contribution in [1.82, 2.24) is 10.6 Å². The lowest BCUT2D eigenvalue weighted by atomic mass is 10.1. The van der Waals surface area contributed by atoms with Gasteiger partial charge in [0.15, 0.2) is 11.8 Å². The van der Waals surface area contributed by atoms with Gasteiger partial charge < -0.3 is 19.5 Å². The molecule has 196 valence electrons. The van der Waals surface area contributed by atoms with Crippen molar-refractivity contribution in [2.75, 3.05) is 11.4 Å². The molecule has 2 aromatic carbocycles. The van der Waals surface area contributed by atoms with Crippen LogP contribution in [0.25, 0.3) is 0 Å². The SMILES string of the molecule is Cc1ccc(C(C(=O)NCc2ccc(F)cc2)N(C(=O)CNC(=O)c2ccco2)c2ccc(F)c(Cl)c2)o1. The minimum atomic E-state index is -1.36. The van der Waals surface area contributed by atoms with Gasteiger partial charge in [-0.05, 0) is 67.1 Å². The van der Waals surface area contributed by atoms with Gasteiger partial charge in [-0.15, -0.1) is 0 Å². The predicted octanol–water partition coefficient (Wildman–Crippen LogP) is 4.93. The smallest absolute Gasteiger partial charge is 0.287 e. The molecule has 4 rings (SSSR count). The number of nitrogens with zero attached hydrogens (tertiary/aromatic N) is 1. The lowest BCUT2D eigenvalue weighted by Gasteiger charge is -2.30. The predicted molar refractivity (Wildman–Crippen MR) is 134 cm³/mol.